The standard InChI is InChI=1S/C16H21N3/c1-12-9-14(11-19-8-7-17-10-13(19)2)15-5-3-4-6-16(15)18-12/h3-6,9,13,17H,7-8,10-11H2,1-2H3/t13-/m1/s1. The van der Waals surface area contributed by atoms with Gasteiger partial charge in [-0.1, -0.05) is 18.2 Å². The summed E-state index contributed by atoms with van der Waals surface area (Å²) >= 11 is 0. The third-order valence-corrected chi connectivity index (χ3v) is 3.94. The van der Waals surface area contributed by atoms with Crippen LogP contribution in [0.3, 0.4) is 0 Å². The van der Waals surface area contributed by atoms with Crippen molar-refractivity contribution in [3.05, 3.63) is 41.6 Å². The molecule has 0 bridgehead atoms. The van der Waals surface area contributed by atoms with E-state index in [2.05, 4.69) is 59.4 Å². The van der Waals surface area contributed by atoms with Crippen LogP contribution in [0.4, 0.5) is 0 Å². The van der Waals surface area contributed by atoms with Crippen LogP contribution in [0.25, 0.3) is 10.9 Å². The summed E-state index contributed by atoms with van der Waals surface area (Å²) in [5, 5.41) is 4.74. The quantitative estimate of drug-likeness (QED) is 0.892. The van der Waals surface area contributed by atoms with E-state index in [1.165, 1.54) is 10.9 Å². The van der Waals surface area contributed by atoms with Crippen molar-refractivity contribution in [1.29, 1.82) is 0 Å². The Labute approximate surface area is 114 Å². The molecular weight excluding hydrogens is 234 g/mol. The fourth-order valence-corrected chi connectivity index (χ4v) is 2.86. The molecule has 3 rings (SSSR count). The Morgan fingerprint density at radius 2 is 2.21 bits per heavy atom. The van der Waals surface area contributed by atoms with Crippen LogP contribution in [-0.2, 0) is 6.54 Å². The van der Waals surface area contributed by atoms with Gasteiger partial charge in [0.15, 0.2) is 0 Å². The highest BCUT2D eigenvalue weighted by Gasteiger charge is 2.18. The summed E-state index contributed by atoms with van der Waals surface area (Å²) in [6, 6.07) is 11.3. The van der Waals surface area contributed by atoms with Gasteiger partial charge in [0.05, 0.1) is 5.52 Å². The molecular formula is C16H21N3. The van der Waals surface area contributed by atoms with E-state index in [-0.39, 0.29) is 0 Å². The molecule has 1 saturated heterocycles. The van der Waals surface area contributed by atoms with Crippen molar-refractivity contribution in [1.82, 2.24) is 15.2 Å². The van der Waals surface area contributed by atoms with Gasteiger partial charge in [-0.05, 0) is 31.5 Å². The molecule has 1 fully saturated rings. The van der Waals surface area contributed by atoms with Crippen molar-refractivity contribution in [2.45, 2.75) is 26.4 Å². The second-order valence-electron chi connectivity index (χ2n) is 5.46. The summed E-state index contributed by atoms with van der Waals surface area (Å²) < 4.78 is 0. The number of nitrogens with zero attached hydrogens (tertiary/aromatic N) is 2. The summed E-state index contributed by atoms with van der Waals surface area (Å²) in [5.41, 5.74) is 3.62. The normalized spacial score (nSPS) is 20.8. The van der Waals surface area contributed by atoms with Gasteiger partial charge in [-0.2, -0.15) is 0 Å². The average molecular weight is 255 g/mol. The second kappa shape index (κ2) is 5.27. The van der Waals surface area contributed by atoms with Crippen LogP contribution < -0.4 is 5.32 Å². The molecule has 0 saturated carbocycles. The summed E-state index contributed by atoms with van der Waals surface area (Å²) in [4.78, 5) is 7.17. The Morgan fingerprint density at radius 3 is 3.05 bits per heavy atom. The number of aromatic nitrogens is 1. The van der Waals surface area contributed by atoms with Crippen molar-refractivity contribution in [3.63, 3.8) is 0 Å². The molecule has 2 aromatic rings. The molecule has 19 heavy (non-hydrogen) atoms. The van der Waals surface area contributed by atoms with Gasteiger partial charge in [-0.3, -0.25) is 9.88 Å². The van der Waals surface area contributed by atoms with Crippen molar-refractivity contribution in [2.75, 3.05) is 19.6 Å². The summed E-state index contributed by atoms with van der Waals surface area (Å²) in [7, 11) is 0. The van der Waals surface area contributed by atoms with E-state index in [1.807, 2.05) is 0 Å². The Morgan fingerprint density at radius 1 is 1.37 bits per heavy atom. The smallest absolute Gasteiger partial charge is 0.0708 e. The van der Waals surface area contributed by atoms with E-state index in [1.54, 1.807) is 0 Å². The number of para-hydroxylation sites is 1. The molecule has 0 spiro atoms. The monoisotopic (exact) mass is 255 g/mol. The number of nitrogens with one attached hydrogen (secondary N) is 1. The van der Waals surface area contributed by atoms with Crippen molar-refractivity contribution < 1.29 is 0 Å². The van der Waals surface area contributed by atoms with Gasteiger partial charge in [0.2, 0.25) is 0 Å². The lowest BCUT2D eigenvalue weighted by atomic mass is 10.1. The number of fused-ring (bicyclic) bond motifs is 1. The SMILES string of the molecule is Cc1cc(CN2CCNC[C@H]2C)c2ccccc2n1. The first kappa shape index (κ1) is 12.6. The summed E-state index contributed by atoms with van der Waals surface area (Å²) in [6.45, 7) is 8.69. The Bertz CT molecular complexity index is 579. The van der Waals surface area contributed by atoms with Gasteiger partial charge in [0, 0.05) is 43.3 Å². The first-order valence-electron chi connectivity index (χ1n) is 7.04. The van der Waals surface area contributed by atoms with E-state index >= 15 is 0 Å². The number of pyridine rings is 1. The van der Waals surface area contributed by atoms with Gasteiger partial charge >= 0.3 is 0 Å². The van der Waals surface area contributed by atoms with E-state index in [0.717, 1.165) is 37.4 Å². The van der Waals surface area contributed by atoms with E-state index in [4.69, 9.17) is 0 Å². The molecule has 0 aliphatic carbocycles. The zero-order valence-corrected chi connectivity index (χ0v) is 11.7. The predicted molar refractivity (Wildman–Crippen MR) is 79.2 cm³/mol. The predicted octanol–water partition coefficient (Wildman–Crippen LogP) is 2.34. The fourth-order valence-electron chi connectivity index (χ4n) is 2.86. The van der Waals surface area contributed by atoms with E-state index < -0.39 is 0 Å². The molecule has 1 atom stereocenters. The maximum Gasteiger partial charge on any atom is 0.0708 e. The topological polar surface area (TPSA) is 28.2 Å². The van der Waals surface area contributed by atoms with E-state index in [0.29, 0.717) is 6.04 Å². The number of piperazine rings is 1. The molecule has 1 aliphatic rings. The van der Waals surface area contributed by atoms with Gasteiger partial charge in [0.1, 0.15) is 0 Å². The van der Waals surface area contributed by atoms with Crippen LogP contribution in [0.1, 0.15) is 18.2 Å². The molecule has 0 amide bonds. The minimum absolute atomic E-state index is 0.598. The van der Waals surface area contributed by atoms with Crippen LogP contribution >= 0.6 is 0 Å². The van der Waals surface area contributed by atoms with Crippen LogP contribution in [0.2, 0.25) is 0 Å². The minimum atomic E-state index is 0.598. The molecule has 3 heteroatoms. The minimum Gasteiger partial charge on any atom is -0.314 e. The molecule has 3 nitrogen and oxygen atoms in total. The highest BCUT2D eigenvalue weighted by Crippen LogP contribution is 2.21. The molecule has 100 valence electrons. The van der Waals surface area contributed by atoms with Crippen LogP contribution in [0, 0.1) is 6.92 Å². The van der Waals surface area contributed by atoms with Crippen molar-refractivity contribution in [2.24, 2.45) is 0 Å². The van der Waals surface area contributed by atoms with Gasteiger partial charge < -0.3 is 5.32 Å². The van der Waals surface area contributed by atoms with E-state index in [9.17, 15) is 0 Å². The summed E-state index contributed by atoms with van der Waals surface area (Å²) in [5.74, 6) is 0. The van der Waals surface area contributed by atoms with Gasteiger partial charge in [-0.25, -0.2) is 0 Å². The molecule has 1 aliphatic heterocycles. The van der Waals surface area contributed by atoms with Crippen LogP contribution in [0.15, 0.2) is 30.3 Å². The Hall–Kier alpha value is -1.45. The zero-order valence-electron chi connectivity index (χ0n) is 11.7. The van der Waals surface area contributed by atoms with Crippen LogP contribution in [-0.4, -0.2) is 35.6 Å². The molecule has 2 heterocycles. The number of hydrogen-bond donors (Lipinski definition) is 1. The lowest BCUT2D eigenvalue weighted by molar-refractivity contribution is 0.166. The molecule has 0 unspecified atom stereocenters. The first-order valence-corrected chi connectivity index (χ1v) is 7.04. The second-order valence-corrected chi connectivity index (χ2v) is 5.46. The van der Waals surface area contributed by atoms with Crippen LogP contribution in [0.5, 0.6) is 0 Å². The lowest BCUT2D eigenvalue weighted by Crippen LogP contribution is -2.49. The molecule has 1 aromatic carbocycles. The Balaban J connectivity index is 1.95. The lowest BCUT2D eigenvalue weighted by Gasteiger charge is -2.34. The number of rotatable bonds is 2. The maximum absolute atomic E-state index is 4.62. The molecule has 0 radical (unpaired) electrons. The highest BCUT2D eigenvalue weighted by molar-refractivity contribution is 5.82. The number of benzene rings is 1. The number of aryl methyl sites for hydroxylation is 1. The Kier molecular flexibility index (Phi) is 3.49. The third-order valence-electron chi connectivity index (χ3n) is 3.94. The largest absolute Gasteiger partial charge is 0.314 e. The maximum atomic E-state index is 4.62. The molecule has 1 N–H and O–H groups in total. The zero-order chi connectivity index (χ0) is 13.2. The fraction of sp³-hybridized carbons (Fsp3) is 0.438. The van der Waals surface area contributed by atoms with Gasteiger partial charge in [-0.15, -0.1) is 0 Å². The molecule has 1 aromatic heterocycles. The van der Waals surface area contributed by atoms with Crippen molar-refractivity contribution >= 4 is 10.9 Å². The third kappa shape index (κ3) is 2.62. The number of hydrogen-bond acceptors (Lipinski definition) is 3. The average Bonchev–Trinajstić information content (AvgIpc) is 2.41. The highest BCUT2D eigenvalue weighted by atomic mass is 15.2. The summed E-state index contributed by atoms with van der Waals surface area (Å²) in [6.07, 6.45) is 0. The van der Waals surface area contributed by atoms with Crippen molar-refractivity contribution in [3.8, 4) is 0 Å². The first-order chi connectivity index (χ1) is 9.24. The van der Waals surface area contributed by atoms with Gasteiger partial charge in [0.25, 0.3) is 0 Å².